The fourth-order valence-electron chi connectivity index (χ4n) is 3.55. The van der Waals surface area contributed by atoms with Gasteiger partial charge in [-0.3, -0.25) is 0 Å². The maximum Gasteiger partial charge on any atom is -0.0132 e. The summed E-state index contributed by atoms with van der Waals surface area (Å²) in [6.45, 7) is 6.80. The van der Waals surface area contributed by atoms with E-state index in [1.807, 2.05) is 0 Å². The van der Waals surface area contributed by atoms with Crippen molar-refractivity contribution in [3.8, 4) is 33.4 Å². The summed E-state index contributed by atoms with van der Waals surface area (Å²) in [7, 11) is 0. The molecule has 4 aromatic rings. The summed E-state index contributed by atoms with van der Waals surface area (Å²) in [5, 5.41) is 0. The topological polar surface area (TPSA) is 0 Å². The summed E-state index contributed by atoms with van der Waals surface area (Å²) in [4.78, 5) is 0. The lowest BCUT2D eigenvalue weighted by Crippen LogP contribution is -2.10. The van der Waals surface area contributed by atoms with Gasteiger partial charge in [-0.05, 0) is 62.6 Å². The molecule has 0 heterocycles. The van der Waals surface area contributed by atoms with Crippen LogP contribution in [-0.4, -0.2) is 0 Å². The molecule has 0 N–H and O–H groups in total. The number of rotatable bonds is 3. The van der Waals surface area contributed by atoms with Crippen molar-refractivity contribution in [1.82, 2.24) is 0 Å². The predicted octanol–water partition coefficient (Wildman–Crippen LogP) is 7.99. The minimum absolute atomic E-state index is 0.134. The van der Waals surface area contributed by atoms with Gasteiger partial charge in [-0.2, -0.15) is 0 Å². The van der Waals surface area contributed by atoms with Crippen molar-refractivity contribution < 1.29 is 0 Å². The second-order valence-corrected chi connectivity index (χ2v) is 8.36. The Morgan fingerprint density at radius 3 is 1.29 bits per heavy atom. The van der Waals surface area contributed by atoms with Crippen LogP contribution in [0.4, 0.5) is 0 Å². The third-order valence-corrected chi connectivity index (χ3v) is 5.21. The van der Waals surface area contributed by atoms with E-state index in [1.165, 1.54) is 38.9 Å². The van der Waals surface area contributed by atoms with E-state index in [1.54, 1.807) is 0 Å². The van der Waals surface area contributed by atoms with Crippen LogP contribution in [0.1, 0.15) is 26.3 Å². The van der Waals surface area contributed by atoms with Crippen molar-refractivity contribution in [3.05, 3.63) is 109 Å². The van der Waals surface area contributed by atoms with Crippen LogP contribution in [0.15, 0.2) is 103 Å². The first-order valence-corrected chi connectivity index (χ1v) is 9.87. The van der Waals surface area contributed by atoms with Crippen molar-refractivity contribution in [2.24, 2.45) is 0 Å². The molecule has 138 valence electrons. The molecule has 0 fully saturated rings. The molecule has 0 unspecified atom stereocenters. The van der Waals surface area contributed by atoms with Crippen molar-refractivity contribution in [3.63, 3.8) is 0 Å². The molecule has 28 heavy (non-hydrogen) atoms. The Hall–Kier alpha value is -3.12. The standard InChI is InChI=1S/C28H26/c1-28(2,3)27-16-10-15-23(20-27)26-18-24(21-11-6-4-7-12-21)17-25(19-26)22-13-8-5-9-14-22/h4-20H,1-3H3. The van der Waals surface area contributed by atoms with Crippen LogP contribution < -0.4 is 0 Å². The molecule has 4 aromatic carbocycles. The lowest BCUT2D eigenvalue weighted by atomic mass is 9.85. The van der Waals surface area contributed by atoms with Crippen LogP contribution in [0.2, 0.25) is 0 Å². The van der Waals surface area contributed by atoms with E-state index in [4.69, 9.17) is 0 Å². The first-order chi connectivity index (χ1) is 13.5. The zero-order chi connectivity index (χ0) is 19.6. The normalized spacial score (nSPS) is 11.4. The number of hydrogen-bond acceptors (Lipinski definition) is 0. The molecule has 0 aliphatic heterocycles. The summed E-state index contributed by atoms with van der Waals surface area (Å²) in [6.07, 6.45) is 0. The molecule has 0 aliphatic rings. The van der Waals surface area contributed by atoms with E-state index >= 15 is 0 Å². The molecule has 0 nitrogen and oxygen atoms in total. The SMILES string of the molecule is CC(C)(C)c1cccc(-c2cc(-c3ccccc3)cc(-c3ccccc3)c2)c1. The zero-order valence-corrected chi connectivity index (χ0v) is 16.8. The molecule has 0 saturated carbocycles. The fraction of sp³-hybridized carbons (Fsp3) is 0.143. The van der Waals surface area contributed by atoms with Gasteiger partial charge in [0.15, 0.2) is 0 Å². The Bertz CT molecular complexity index is 1010. The maximum absolute atomic E-state index is 2.33. The van der Waals surface area contributed by atoms with Crippen molar-refractivity contribution in [1.29, 1.82) is 0 Å². The van der Waals surface area contributed by atoms with Gasteiger partial charge in [-0.1, -0.05) is 106 Å². The third kappa shape index (κ3) is 3.92. The summed E-state index contributed by atoms with van der Waals surface area (Å²) >= 11 is 0. The largest absolute Gasteiger partial charge is 0.0622 e. The van der Waals surface area contributed by atoms with E-state index < -0.39 is 0 Å². The highest BCUT2D eigenvalue weighted by Gasteiger charge is 2.14. The minimum Gasteiger partial charge on any atom is -0.0622 e. The quantitative estimate of drug-likeness (QED) is 0.346. The first kappa shape index (κ1) is 18.3. The van der Waals surface area contributed by atoms with Gasteiger partial charge in [-0.25, -0.2) is 0 Å². The van der Waals surface area contributed by atoms with E-state index in [0.29, 0.717) is 0 Å². The van der Waals surface area contributed by atoms with E-state index in [2.05, 4.69) is 124 Å². The van der Waals surface area contributed by atoms with Crippen LogP contribution in [0, 0.1) is 0 Å². The molecule has 0 amide bonds. The Labute approximate surface area is 168 Å². The fourth-order valence-corrected chi connectivity index (χ4v) is 3.55. The summed E-state index contributed by atoms with van der Waals surface area (Å²) < 4.78 is 0. The Morgan fingerprint density at radius 2 is 0.821 bits per heavy atom. The first-order valence-electron chi connectivity index (χ1n) is 9.87. The maximum atomic E-state index is 2.33. The van der Waals surface area contributed by atoms with Crippen molar-refractivity contribution >= 4 is 0 Å². The Kier molecular flexibility index (Phi) is 4.88. The Morgan fingerprint density at radius 1 is 0.393 bits per heavy atom. The van der Waals surface area contributed by atoms with Crippen LogP contribution in [0.25, 0.3) is 33.4 Å². The molecule has 0 heteroatoms. The van der Waals surface area contributed by atoms with Crippen LogP contribution >= 0.6 is 0 Å². The molecule has 0 radical (unpaired) electrons. The zero-order valence-electron chi connectivity index (χ0n) is 16.8. The van der Waals surface area contributed by atoms with Gasteiger partial charge in [0.2, 0.25) is 0 Å². The Balaban J connectivity index is 1.90. The van der Waals surface area contributed by atoms with Gasteiger partial charge in [0.25, 0.3) is 0 Å². The van der Waals surface area contributed by atoms with Gasteiger partial charge in [0.1, 0.15) is 0 Å². The van der Waals surface area contributed by atoms with E-state index in [0.717, 1.165) is 0 Å². The number of benzene rings is 4. The molecule has 0 atom stereocenters. The summed E-state index contributed by atoms with van der Waals surface area (Å²) in [6, 6.07) is 37.1. The molecule has 0 aliphatic carbocycles. The monoisotopic (exact) mass is 362 g/mol. The average Bonchev–Trinajstić information content (AvgIpc) is 2.74. The summed E-state index contributed by atoms with van der Waals surface area (Å²) in [5.74, 6) is 0. The van der Waals surface area contributed by atoms with Gasteiger partial charge in [0, 0.05) is 0 Å². The average molecular weight is 363 g/mol. The highest BCUT2D eigenvalue weighted by molar-refractivity contribution is 5.81. The smallest absolute Gasteiger partial charge is 0.0132 e. The lowest BCUT2D eigenvalue weighted by Gasteiger charge is -2.20. The van der Waals surface area contributed by atoms with E-state index in [9.17, 15) is 0 Å². The minimum atomic E-state index is 0.134. The molecular weight excluding hydrogens is 336 g/mol. The second-order valence-electron chi connectivity index (χ2n) is 8.36. The van der Waals surface area contributed by atoms with Gasteiger partial charge >= 0.3 is 0 Å². The molecular formula is C28H26. The lowest BCUT2D eigenvalue weighted by molar-refractivity contribution is 0.590. The second kappa shape index (κ2) is 7.48. The summed E-state index contributed by atoms with van der Waals surface area (Å²) in [5.41, 5.74) is 9.00. The molecule has 0 saturated heterocycles. The van der Waals surface area contributed by atoms with Crippen LogP contribution in [0.5, 0.6) is 0 Å². The van der Waals surface area contributed by atoms with Gasteiger partial charge in [0.05, 0.1) is 0 Å². The predicted molar refractivity (Wildman–Crippen MR) is 121 cm³/mol. The van der Waals surface area contributed by atoms with Crippen molar-refractivity contribution in [2.45, 2.75) is 26.2 Å². The molecule has 4 rings (SSSR count). The third-order valence-electron chi connectivity index (χ3n) is 5.21. The van der Waals surface area contributed by atoms with E-state index in [-0.39, 0.29) is 5.41 Å². The molecule has 0 spiro atoms. The van der Waals surface area contributed by atoms with Crippen LogP contribution in [0.3, 0.4) is 0 Å². The molecule has 0 aromatic heterocycles. The van der Waals surface area contributed by atoms with Gasteiger partial charge < -0.3 is 0 Å². The number of hydrogen-bond donors (Lipinski definition) is 0. The highest BCUT2D eigenvalue weighted by atomic mass is 14.2. The van der Waals surface area contributed by atoms with Gasteiger partial charge in [-0.15, -0.1) is 0 Å². The molecule has 0 bridgehead atoms. The van der Waals surface area contributed by atoms with Crippen molar-refractivity contribution in [2.75, 3.05) is 0 Å². The highest BCUT2D eigenvalue weighted by Crippen LogP contribution is 2.34. The van der Waals surface area contributed by atoms with Crippen LogP contribution in [-0.2, 0) is 5.41 Å².